The lowest BCUT2D eigenvalue weighted by molar-refractivity contribution is -0.162. The van der Waals surface area contributed by atoms with Crippen LogP contribution in [0.15, 0.2) is 54.6 Å². The summed E-state index contributed by atoms with van der Waals surface area (Å²) in [6.45, 7) is 5.26. The topological polar surface area (TPSA) is 172 Å². The van der Waals surface area contributed by atoms with Crippen molar-refractivity contribution in [3.8, 4) is 0 Å². The number of nitrogens with one attached hydrogen (secondary N) is 3. The van der Waals surface area contributed by atoms with Crippen molar-refractivity contribution in [3.05, 3.63) is 65.9 Å². The predicted molar refractivity (Wildman–Crippen MR) is 169 cm³/mol. The number of fused-ring (bicyclic) bond motifs is 4. The second-order valence-electron chi connectivity index (χ2n) is 11.9. The van der Waals surface area contributed by atoms with Crippen molar-refractivity contribution in [3.63, 3.8) is 0 Å². The Balaban J connectivity index is 1.50. The SMILES string of the molecule is CC1NC(=O)C(Cc2cccc(N)n2)OC(=O)C(C)(C)/C=C/c2ccc3ccc(nc3c2)N(C)NC(=O)C2CCCN(N2)C1=O. The van der Waals surface area contributed by atoms with Crippen LogP contribution in [0.3, 0.4) is 0 Å². The Morgan fingerprint density at radius 1 is 1.04 bits per heavy atom. The fourth-order valence-corrected chi connectivity index (χ4v) is 5.09. The monoisotopic (exact) mass is 614 g/mol. The summed E-state index contributed by atoms with van der Waals surface area (Å²) in [5.74, 6) is -1.30. The van der Waals surface area contributed by atoms with Gasteiger partial charge in [-0.1, -0.05) is 30.4 Å². The summed E-state index contributed by atoms with van der Waals surface area (Å²) < 4.78 is 5.80. The molecule has 1 aromatic carbocycles. The number of pyridine rings is 2. The molecule has 236 valence electrons. The van der Waals surface area contributed by atoms with Crippen molar-refractivity contribution in [2.24, 2.45) is 5.41 Å². The minimum atomic E-state index is -1.30. The highest BCUT2D eigenvalue weighted by molar-refractivity contribution is 5.92. The number of hydrogen-bond acceptors (Lipinski definition) is 10. The molecule has 5 N–H and O–H groups in total. The van der Waals surface area contributed by atoms with Crippen LogP contribution < -0.4 is 26.9 Å². The first-order chi connectivity index (χ1) is 21.4. The average molecular weight is 615 g/mol. The van der Waals surface area contributed by atoms with Gasteiger partial charge in [-0.25, -0.2) is 15.4 Å². The summed E-state index contributed by atoms with van der Waals surface area (Å²) in [7, 11) is 1.69. The van der Waals surface area contributed by atoms with Crippen LogP contribution in [-0.4, -0.2) is 70.4 Å². The van der Waals surface area contributed by atoms with Crippen LogP contribution in [0.5, 0.6) is 0 Å². The number of esters is 1. The molecule has 3 amide bonds. The molecule has 13 nitrogen and oxygen atoms in total. The van der Waals surface area contributed by atoms with Gasteiger partial charge in [0.2, 0.25) is 0 Å². The summed E-state index contributed by atoms with van der Waals surface area (Å²) in [5, 5.41) is 6.45. The van der Waals surface area contributed by atoms with Crippen molar-refractivity contribution in [2.45, 2.75) is 58.2 Å². The van der Waals surface area contributed by atoms with Crippen LogP contribution in [0.2, 0.25) is 0 Å². The average Bonchev–Trinajstić information content (AvgIpc) is 3.02. The van der Waals surface area contributed by atoms with Crippen LogP contribution >= 0.6 is 0 Å². The Morgan fingerprint density at radius 3 is 2.60 bits per heavy atom. The number of nitrogen functional groups attached to an aromatic ring is 1. The number of carbonyl (C=O) groups excluding carboxylic acids is 4. The Hall–Kier alpha value is -5.04. The molecule has 0 saturated carbocycles. The first-order valence-corrected chi connectivity index (χ1v) is 14.8. The Kier molecular flexibility index (Phi) is 9.00. The summed E-state index contributed by atoms with van der Waals surface area (Å²) in [4.78, 5) is 62.6. The van der Waals surface area contributed by atoms with Crippen molar-refractivity contribution in [1.29, 1.82) is 0 Å². The van der Waals surface area contributed by atoms with Gasteiger partial charge in [-0.2, -0.15) is 0 Å². The van der Waals surface area contributed by atoms with Crippen LogP contribution in [0.4, 0.5) is 11.6 Å². The van der Waals surface area contributed by atoms with E-state index < -0.39 is 41.4 Å². The maximum atomic E-state index is 13.5. The number of ether oxygens (including phenoxy) is 1. The maximum Gasteiger partial charge on any atom is 0.316 e. The molecule has 2 aliphatic heterocycles. The molecule has 0 spiro atoms. The molecule has 2 aromatic heterocycles. The fraction of sp³-hybridized carbons (Fsp3) is 0.375. The summed E-state index contributed by atoms with van der Waals surface area (Å²) in [6.07, 6.45) is 3.22. The van der Waals surface area contributed by atoms with Gasteiger partial charge in [0.25, 0.3) is 17.7 Å². The molecular formula is C32H38N8O5. The molecule has 0 radical (unpaired) electrons. The number of nitrogens with two attached hydrogens (primary N) is 1. The Bertz CT molecular complexity index is 1660. The van der Waals surface area contributed by atoms with E-state index in [-0.39, 0.29) is 18.1 Å². The van der Waals surface area contributed by atoms with E-state index in [2.05, 4.69) is 21.2 Å². The molecule has 45 heavy (non-hydrogen) atoms. The van der Waals surface area contributed by atoms with Gasteiger partial charge in [-0.15, -0.1) is 0 Å². The number of anilines is 2. The van der Waals surface area contributed by atoms with Gasteiger partial charge >= 0.3 is 5.97 Å². The van der Waals surface area contributed by atoms with Gasteiger partial charge in [-0.05, 0) is 69.5 Å². The summed E-state index contributed by atoms with van der Waals surface area (Å²) >= 11 is 0. The largest absolute Gasteiger partial charge is 0.451 e. The van der Waals surface area contributed by atoms with E-state index in [0.717, 1.165) is 10.9 Å². The third-order valence-corrected chi connectivity index (χ3v) is 7.80. The number of amides is 3. The third-order valence-electron chi connectivity index (χ3n) is 7.80. The molecule has 13 heteroatoms. The van der Waals surface area contributed by atoms with E-state index in [1.165, 1.54) is 16.9 Å². The smallest absolute Gasteiger partial charge is 0.316 e. The quantitative estimate of drug-likeness (QED) is 0.313. The Labute approximate surface area is 261 Å². The molecule has 5 rings (SSSR count). The highest BCUT2D eigenvalue weighted by atomic mass is 16.5. The standard InChI is InChI=1S/C32H38N8O5/c1-19-30(43)40-16-6-8-23(37-40)28(41)38-39(4)27-13-12-21-11-10-20(17-24(21)36-27)14-15-32(2,3)31(44)45-25(29(42)34-19)18-22-7-5-9-26(33)35-22/h5,7,9-15,17,19,23,25,37H,6,8,16,18H2,1-4H3,(H2,33,35)(H,34,42)(H,38,41)/b15-14+. The molecular weight excluding hydrogens is 576 g/mol. The van der Waals surface area contributed by atoms with Gasteiger partial charge in [0, 0.05) is 31.1 Å². The molecule has 1 saturated heterocycles. The number of cyclic esters (lactones) is 1. The first kappa shape index (κ1) is 31.4. The minimum absolute atomic E-state index is 0.0558. The number of benzene rings is 1. The molecule has 3 atom stereocenters. The molecule has 1 fully saturated rings. The van der Waals surface area contributed by atoms with Crippen molar-refractivity contribution >= 4 is 52.3 Å². The highest BCUT2D eigenvalue weighted by Gasteiger charge is 2.35. The van der Waals surface area contributed by atoms with E-state index in [1.807, 2.05) is 24.3 Å². The van der Waals surface area contributed by atoms with Gasteiger partial charge in [0.15, 0.2) is 6.10 Å². The van der Waals surface area contributed by atoms with Crippen LogP contribution in [-0.2, 0) is 30.3 Å². The van der Waals surface area contributed by atoms with E-state index in [0.29, 0.717) is 36.4 Å². The van der Waals surface area contributed by atoms with Crippen LogP contribution in [0.1, 0.15) is 44.9 Å². The van der Waals surface area contributed by atoms with Crippen molar-refractivity contribution in [1.82, 2.24) is 31.1 Å². The number of hydrazine groups is 2. The zero-order chi connectivity index (χ0) is 32.3. The van der Waals surface area contributed by atoms with E-state index >= 15 is 0 Å². The predicted octanol–water partition coefficient (Wildman–Crippen LogP) is 1.89. The zero-order valence-electron chi connectivity index (χ0n) is 25.7. The lowest BCUT2D eigenvalue weighted by atomic mass is 9.92. The van der Waals surface area contributed by atoms with E-state index in [1.54, 1.807) is 57.3 Å². The van der Waals surface area contributed by atoms with Crippen LogP contribution in [0.25, 0.3) is 17.0 Å². The highest BCUT2D eigenvalue weighted by Crippen LogP contribution is 2.25. The molecule has 4 heterocycles. The first-order valence-electron chi connectivity index (χ1n) is 14.8. The number of nitrogens with zero attached hydrogens (tertiary/aromatic N) is 4. The molecule has 3 aromatic rings. The second kappa shape index (κ2) is 12.9. The second-order valence-corrected chi connectivity index (χ2v) is 11.9. The van der Waals surface area contributed by atoms with E-state index in [9.17, 15) is 19.2 Å². The molecule has 0 aliphatic carbocycles. The minimum Gasteiger partial charge on any atom is -0.451 e. The number of hydrogen-bond donors (Lipinski definition) is 4. The molecule has 3 unspecified atom stereocenters. The third kappa shape index (κ3) is 7.37. The lowest BCUT2D eigenvalue weighted by Crippen LogP contribution is -2.62. The number of carbonyl (C=O) groups is 4. The van der Waals surface area contributed by atoms with Gasteiger partial charge < -0.3 is 15.8 Å². The van der Waals surface area contributed by atoms with Crippen LogP contribution in [0, 0.1) is 5.41 Å². The van der Waals surface area contributed by atoms with E-state index in [4.69, 9.17) is 15.5 Å². The van der Waals surface area contributed by atoms with Gasteiger partial charge in [0.05, 0.1) is 10.9 Å². The van der Waals surface area contributed by atoms with Crippen molar-refractivity contribution in [2.75, 3.05) is 24.3 Å². The zero-order valence-corrected chi connectivity index (χ0v) is 25.7. The number of aromatic nitrogens is 2. The molecule has 2 aliphatic rings. The lowest BCUT2D eigenvalue weighted by Gasteiger charge is -2.35. The Morgan fingerprint density at radius 2 is 1.82 bits per heavy atom. The van der Waals surface area contributed by atoms with Gasteiger partial charge in [-0.3, -0.25) is 34.6 Å². The summed E-state index contributed by atoms with van der Waals surface area (Å²) in [6, 6.07) is 12.7. The molecule has 5 bridgehead atoms. The fourth-order valence-electron chi connectivity index (χ4n) is 5.09. The number of rotatable bonds is 2. The summed E-state index contributed by atoms with van der Waals surface area (Å²) in [5.41, 5.74) is 12.5. The van der Waals surface area contributed by atoms with Crippen molar-refractivity contribution < 1.29 is 23.9 Å². The normalized spacial score (nSPS) is 23.7. The van der Waals surface area contributed by atoms with Gasteiger partial charge in [0.1, 0.15) is 23.7 Å². The maximum absolute atomic E-state index is 13.5.